The van der Waals surface area contributed by atoms with E-state index < -0.39 is 0 Å². The summed E-state index contributed by atoms with van der Waals surface area (Å²) < 4.78 is 0. The summed E-state index contributed by atoms with van der Waals surface area (Å²) in [4.78, 5) is 0. The normalized spacial score (nSPS) is 24.6. The van der Waals surface area contributed by atoms with Crippen molar-refractivity contribution in [3.05, 3.63) is 0 Å². The lowest BCUT2D eigenvalue weighted by Gasteiger charge is -2.31. The van der Waals surface area contributed by atoms with Gasteiger partial charge in [-0.15, -0.1) is 0 Å². The van der Waals surface area contributed by atoms with Crippen molar-refractivity contribution in [1.82, 2.24) is 0 Å². The minimum absolute atomic E-state index is 1.09. The molecule has 2 aliphatic rings. The molecule has 2 aliphatic carbocycles. The van der Waals surface area contributed by atoms with Crippen LogP contribution in [0.3, 0.4) is 0 Å². The number of rotatable bonds is 7. The Morgan fingerprint density at radius 1 is 0.875 bits per heavy atom. The maximum Gasteiger partial charge on any atom is -0.0409 e. The molecule has 0 N–H and O–H groups in total. The van der Waals surface area contributed by atoms with Crippen LogP contribution in [-0.4, -0.2) is 0 Å². The minimum atomic E-state index is 1.09. The molecule has 0 radical (unpaired) electrons. The number of unbranched alkanes of at least 4 members (excludes halogenated alkanes) is 1. The molecule has 0 aliphatic heterocycles. The SMILES string of the molecule is CCCCC(CC1CCCC1)CC1CCC1. The molecular weight excluding hydrogens is 192 g/mol. The third kappa shape index (κ3) is 3.79. The molecule has 0 aromatic heterocycles. The van der Waals surface area contributed by atoms with Crippen LogP contribution in [0.1, 0.15) is 84.0 Å². The highest BCUT2D eigenvalue weighted by Gasteiger charge is 2.25. The van der Waals surface area contributed by atoms with Gasteiger partial charge in [0.15, 0.2) is 0 Å². The van der Waals surface area contributed by atoms with Crippen LogP contribution in [0, 0.1) is 17.8 Å². The molecule has 0 aromatic rings. The van der Waals surface area contributed by atoms with E-state index in [-0.39, 0.29) is 0 Å². The van der Waals surface area contributed by atoms with E-state index in [9.17, 15) is 0 Å². The van der Waals surface area contributed by atoms with Crippen LogP contribution in [0.15, 0.2) is 0 Å². The van der Waals surface area contributed by atoms with Crippen LogP contribution in [0.2, 0.25) is 0 Å². The first-order valence-electron chi connectivity index (χ1n) is 7.88. The van der Waals surface area contributed by atoms with E-state index in [1.165, 1.54) is 38.5 Å². The zero-order valence-corrected chi connectivity index (χ0v) is 11.2. The summed E-state index contributed by atoms with van der Waals surface area (Å²) in [6, 6.07) is 0. The van der Waals surface area contributed by atoms with Crippen molar-refractivity contribution < 1.29 is 0 Å². The Hall–Kier alpha value is 0. The molecule has 0 heterocycles. The fourth-order valence-corrected chi connectivity index (χ4v) is 3.74. The molecule has 16 heavy (non-hydrogen) atoms. The zero-order chi connectivity index (χ0) is 11.2. The van der Waals surface area contributed by atoms with E-state index in [2.05, 4.69) is 6.92 Å². The van der Waals surface area contributed by atoms with Crippen molar-refractivity contribution in [1.29, 1.82) is 0 Å². The molecule has 0 spiro atoms. The van der Waals surface area contributed by atoms with E-state index in [1.807, 2.05) is 0 Å². The molecule has 2 rings (SSSR count). The van der Waals surface area contributed by atoms with Crippen LogP contribution in [0.4, 0.5) is 0 Å². The van der Waals surface area contributed by atoms with E-state index in [0.29, 0.717) is 0 Å². The second-order valence-corrected chi connectivity index (χ2v) is 6.43. The van der Waals surface area contributed by atoms with Gasteiger partial charge in [-0.1, -0.05) is 71.1 Å². The molecule has 1 unspecified atom stereocenters. The van der Waals surface area contributed by atoms with Gasteiger partial charge in [0.1, 0.15) is 0 Å². The molecular formula is C16H30. The van der Waals surface area contributed by atoms with Gasteiger partial charge in [-0.05, 0) is 30.6 Å². The van der Waals surface area contributed by atoms with E-state index in [0.717, 1.165) is 17.8 Å². The van der Waals surface area contributed by atoms with Gasteiger partial charge in [-0.2, -0.15) is 0 Å². The molecule has 94 valence electrons. The average Bonchev–Trinajstić information content (AvgIpc) is 2.72. The molecule has 0 amide bonds. The zero-order valence-electron chi connectivity index (χ0n) is 11.2. The molecule has 0 saturated heterocycles. The number of hydrogen-bond donors (Lipinski definition) is 0. The van der Waals surface area contributed by atoms with Crippen molar-refractivity contribution in [3.63, 3.8) is 0 Å². The van der Waals surface area contributed by atoms with Crippen LogP contribution < -0.4 is 0 Å². The maximum atomic E-state index is 2.34. The molecule has 0 aromatic carbocycles. The molecule has 1 atom stereocenters. The van der Waals surface area contributed by atoms with Crippen molar-refractivity contribution in [2.45, 2.75) is 84.0 Å². The topological polar surface area (TPSA) is 0 Å². The van der Waals surface area contributed by atoms with Gasteiger partial charge in [-0.25, -0.2) is 0 Å². The Morgan fingerprint density at radius 2 is 1.44 bits per heavy atom. The minimum Gasteiger partial charge on any atom is -0.0654 e. The Morgan fingerprint density at radius 3 is 1.88 bits per heavy atom. The van der Waals surface area contributed by atoms with Gasteiger partial charge >= 0.3 is 0 Å². The summed E-state index contributed by atoms with van der Waals surface area (Å²) in [5, 5.41) is 0. The highest BCUT2D eigenvalue weighted by atomic mass is 14.3. The second-order valence-electron chi connectivity index (χ2n) is 6.43. The fourth-order valence-electron chi connectivity index (χ4n) is 3.74. The highest BCUT2D eigenvalue weighted by Crippen LogP contribution is 2.38. The highest BCUT2D eigenvalue weighted by molar-refractivity contribution is 4.77. The summed E-state index contributed by atoms with van der Waals surface area (Å²) in [5.41, 5.74) is 0. The predicted molar refractivity (Wildman–Crippen MR) is 71.5 cm³/mol. The fraction of sp³-hybridized carbons (Fsp3) is 1.00. The third-order valence-electron chi connectivity index (χ3n) is 5.00. The summed E-state index contributed by atoms with van der Waals surface area (Å²) in [6.45, 7) is 2.34. The molecule has 2 saturated carbocycles. The monoisotopic (exact) mass is 222 g/mol. The lowest BCUT2D eigenvalue weighted by Crippen LogP contribution is -2.17. The Labute approximate surface area is 102 Å². The first-order chi connectivity index (χ1) is 7.88. The van der Waals surface area contributed by atoms with Crippen LogP contribution >= 0.6 is 0 Å². The Bertz CT molecular complexity index is 174. The predicted octanol–water partition coefficient (Wildman–Crippen LogP) is 5.56. The second kappa shape index (κ2) is 6.67. The summed E-state index contributed by atoms with van der Waals surface area (Å²) in [6.07, 6.45) is 18.3. The van der Waals surface area contributed by atoms with Gasteiger partial charge in [0.25, 0.3) is 0 Å². The van der Waals surface area contributed by atoms with Crippen molar-refractivity contribution in [3.8, 4) is 0 Å². The Kier molecular flexibility index (Phi) is 5.19. The summed E-state index contributed by atoms with van der Waals surface area (Å²) in [5.74, 6) is 3.33. The van der Waals surface area contributed by atoms with Gasteiger partial charge < -0.3 is 0 Å². The third-order valence-corrected chi connectivity index (χ3v) is 5.00. The summed E-state index contributed by atoms with van der Waals surface area (Å²) >= 11 is 0. The van der Waals surface area contributed by atoms with Crippen LogP contribution in [0.25, 0.3) is 0 Å². The Balaban J connectivity index is 1.70. The molecule has 0 heteroatoms. The van der Waals surface area contributed by atoms with Gasteiger partial charge in [0.05, 0.1) is 0 Å². The molecule has 0 bridgehead atoms. The standard InChI is InChI=1S/C16H30/c1-2-3-7-16(13-15-10-6-11-15)12-14-8-4-5-9-14/h14-16H,2-13H2,1H3. The first kappa shape index (κ1) is 12.5. The van der Waals surface area contributed by atoms with Crippen molar-refractivity contribution in [2.75, 3.05) is 0 Å². The quantitative estimate of drug-likeness (QED) is 0.529. The van der Waals surface area contributed by atoms with Gasteiger partial charge in [0, 0.05) is 0 Å². The van der Waals surface area contributed by atoms with Crippen molar-refractivity contribution >= 4 is 0 Å². The first-order valence-corrected chi connectivity index (χ1v) is 7.88. The lowest BCUT2D eigenvalue weighted by molar-refractivity contribution is 0.215. The summed E-state index contributed by atoms with van der Waals surface area (Å²) in [7, 11) is 0. The molecule has 0 nitrogen and oxygen atoms in total. The number of hydrogen-bond acceptors (Lipinski definition) is 0. The van der Waals surface area contributed by atoms with Crippen LogP contribution in [0.5, 0.6) is 0 Å². The van der Waals surface area contributed by atoms with Crippen molar-refractivity contribution in [2.24, 2.45) is 17.8 Å². The molecule has 2 fully saturated rings. The smallest absolute Gasteiger partial charge is 0.0409 e. The maximum absolute atomic E-state index is 2.34. The van der Waals surface area contributed by atoms with Gasteiger partial charge in [0.2, 0.25) is 0 Å². The van der Waals surface area contributed by atoms with Gasteiger partial charge in [-0.3, -0.25) is 0 Å². The average molecular weight is 222 g/mol. The van der Waals surface area contributed by atoms with E-state index in [4.69, 9.17) is 0 Å². The van der Waals surface area contributed by atoms with E-state index >= 15 is 0 Å². The van der Waals surface area contributed by atoms with E-state index in [1.54, 1.807) is 38.5 Å². The largest absolute Gasteiger partial charge is 0.0654 e. The lowest BCUT2D eigenvalue weighted by atomic mass is 9.75. The van der Waals surface area contributed by atoms with Crippen LogP contribution in [-0.2, 0) is 0 Å².